The quantitative estimate of drug-likeness (QED) is 0.775. The van der Waals surface area contributed by atoms with Gasteiger partial charge >= 0.3 is 5.97 Å². The van der Waals surface area contributed by atoms with Crippen LogP contribution in [0.1, 0.15) is 64.7 Å². The third kappa shape index (κ3) is 4.20. The largest absolute Gasteiger partial charge is 0.481 e. The van der Waals surface area contributed by atoms with Gasteiger partial charge in [0.25, 0.3) is 0 Å². The minimum absolute atomic E-state index is 0.0936. The molecule has 0 heterocycles. The highest BCUT2D eigenvalue weighted by atomic mass is 16.4. The SMILES string of the molecule is CCCC1CCC(NCC2CCCC2C(=O)O)CC1. The predicted molar refractivity (Wildman–Crippen MR) is 77.1 cm³/mol. The molecule has 2 fully saturated rings. The fourth-order valence-electron chi connectivity index (χ4n) is 3.99. The standard InChI is InChI=1S/C16H29NO2/c1-2-4-12-7-9-14(10-8-12)17-11-13-5-3-6-15(13)16(18)19/h12-15,17H,2-11H2,1H3,(H,18,19). The van der Waals surface area contributed by atoms with Crippen LogP contribution in [0.15, 0.2) is 0 Å². The van der Waals surface area contributed by atoms with Crippen LogP contribution in [-0.4, -0.2) is 23.7 Å². The molecule has 2 aliphatic rings. The first-order valence-corrected chi connectivity index (χ1v) is 8.17. The Labute approximate surface area is 117 Å². The Bertz CT molecular complexity index is 284. The zero-order valence-corrected chi connectivity index (χ0v) is 12.2. The summed E-state index contributed by atoms with van der Waals surface area (Å²) in [6, 6.07) is 0.642. The lowest BCUT2D eigenvalue weighted by molar-refractivity contribution is -0.142. The molecule has 3 heteroatoms. The van der Waals surface area contributed by atoms with Crippen molar-refractivity contribution in [3.8, 4) is 0 Å². The van der Waals surface area contributed by atoms with Gasteiger partial charge in [0.15, 0.2) is 0 Å². The monoisotopic (exact) mass is 267 g/mol. The lowest BCUT2D eigenvalue weighted by Crippen LogP contribution is -2.38. The fourth-order valence-corrected chi connectivity index (χ4v) is 3.99. The minimum atomic E-state index is -0.587. The highest BCUT2D eigenvalue weighted by Crippen LogP contribution is 2.32. The van der Waals surface area contributed by atoms with E-state index in [9.17, 15) is 9.90 Å². The summed E-state index contributed by atoms with van der Waals surface area (Å²) in [5, 5.41) is 12.8. The van der Waals surface area contributed by atoms with Gasteiger partial charge in [-0.15, -0.1) is 0 Å². The molecule has 2 atom stereocenters. The summed E-state index contributed by atoms with van der Waals surface area (Å²) in [4.78, 5) is 11.2. The van der Waals surface area contributed by atoms with Crippen molar-refractivity contribution in [2.24, 2.45) is 17.8 Å². The van der Waals surface area contributed by atoms with Crippen LogP contribution in [-0.2, 0) is 4.79 Å². The second kappa shape index (κ2) is 7.28. The molecule has 2 aliphatic carbocycles. The molecule has 0 aromatic heterocycles. The molecule has 0 aromatic rings. The Morgan fingerprint density at radius 1 is 1.16 bits per heavy atom. The maximum Gasteiger partial charge on any atom is 0.306 e. The van der Waals surface area contributed by atoms with E-state index in [1.54, 1.807) is 0 Å². The van der Waals surface area contributed by atoms with E-state index in [0.717, 1.165) is 31.7 Å². The van der Waals surface area contributed by atoms with Gasteiger partial charge in [0.05, 0.1) is 5.92 Å². The molecule has 2 N–H and O–H groups in total. The first-order valence-electron chi connectivity index (χ1n) is 8.17. The summed E-state index contributed by atoms with van der Waals surface area (Å²) in [7, 11) is 0. The topological polar surface area (TPSA) is 49.3 Å². The van der Waals surface area contributed by atoms with Crippen molar-refractivity contribution in [1.82, 2.24) is 5.32 Å². The average molecular weight is 267 g/mol. The Balaban J connectivity index is 1.67. The van der Waals surface area contributed by atoms with Gasteiger partial charge < -0.3 is 10.4 Å². The number of hydrogen-bond donors (Lipinski definition) is 2. The highest BCUT2D eigenvalue weighted by molar-refractivity contribution is 5.70. The van der Waals surface area contributed by atoms with Crippen LogP contribution in [0.25, 0.3) is 0 Å². The van der Waals surface area contributed by atoms with E-state index in [4.69, 9.17) is 0 Å². The molecular weight excluding hydrogens is 238 g/mol. The Morgan fingerprint density at radius 3 is 2.53 bits per heavy atom. The zero-order chi connectivity index (χ0) is 13.7. The average Bonchev–Trinajstić information content (AvgIpc) is 2.87. The first-order chi connectivity index (χ1) is 9.20. The van der Waals surface area contributed by atoms with E-state index in [-0.39, 0.29) is 5.92 Å². The van der Waals surface area contributed by atoms with Crippen molar-refractivity contribution in [3.05, 3.63) is 0 Å². The van der Waals surface area contributed by atoms with Crippen molar-refractivity contribution < 1.29 is 9.90 Å². The van der Waals surface area contributed by atoms with Crippen LogP contribution in [0.4, 0.5) is 0 Å². The van der Waals surface area contributed by atoms with E-state index in [0.29, 0.717) is 12.0 Å². The number of aliphatic carboxylic acids is 1. The maximum atomic E-state index is 11.2. The Hall–Kier alpha value is -0.570. The van der Waals surface area contributed by atoms with Crippen LogP contribution in [0.3, 0.4) is 0 Å². The molecule has 0 aliphatic heterocycles. The van der Waals surface area contributed by atoms with Gasteiger partial charge in [0.2, 0.25) is 0 Å². The van der Waals surface area contributed by atoms with Crippen molar-refractivity contribution in [2.45, 2.75) is 70.8 Å². The molecule has 0 saturated heterocycles. The summed E-state index contributed by atoms with van der Waals surface area (Å²) >= 11 is 0. The van der Waals surface area contributed by atoms with Crippen LogP contribution < -0.4 is 5.32 Å². The molecule has 19 heavy (non-hydrogen) atoms. The molecule has 0 aromatic carbocycles. The molecular formula is C16H29NO2. The van der Waals surface area contributed by atoms with Gasteiger partial charge in [-0.1, -0.05) is 26.2 Å². The molecule has 0 bridgehead atoms. The number of carboxylic acid groups (broad SMARTS) is 1. The summed E-state index contributed by atoms with van der Waals surface area (Å²) in [5.74, 6) is 0.632. The number of carbonyl (C=O) groups is 1. The number of carboxylic acids is 1. The maximum absolute atomic E-state index is 11.2. The Morgan fingerprint density at radius 2 is 1.89 bits per heavy atom. The van der Waals surface area contributed by atoms with Crippen molar-refractivity contribution in [1.29, 1.82) is 0 Å². The third-order valence-corrected chi connectivity index (χ3v) is 5.19. The van der Waals surface area contributed by atoms with Crippen molar-refractivity contribution in [2.75, 3.05) is 6.54 Å². The van der Waals surface area contributed by atoms with E-state index in [1.807, 2.05) is 0 Å². The molecule has 2 unspecified atom stereocenters. The van der Waals surface area contributed by atoms with E-state index < -0.39 is 5.97 Å². The summed E-state index contributed by atoms with van der Waals surface area (Å²) in [6.45, 7) is 3.19. The second-order valence-electron chi connectivity index (χ2n) is 6.55. The fraction of sp³-hybridized carbons (Fsp3) is 0.938. The van der Waals surface area contributed by atoms with Crippen LogP contribution in [0.2, 0.25) is 0 Å². The van der Waals surface area contributed by atoms with Crippen LogP contribution in [0, 0.1) is 17.8 Å². The number of hydrogen-bond acceptors (Lipinski definition) is 2. The van der Waals surface area contributed by atoms with Gasteiger partial charge in [-0.05, 0) is 56.9 Å². The molecule has 0 radical (unpaired) electrons. The summed E-state index contributed by atoms with van der Waals surface area (Å²) in [5.41, 5.74) is 0. The van der Waals surface area contributed by atoms with Gasteiger partial charge in [-0.2, -0.15) is 0 Å². The smallest absolute Gasteiger partial charge is 0.306 e. The molecule has 110 valence electrons. The lowest BCUT2D eigenvalue weighted by Gasteiger charge is -2.30. The molecule has 3 nitrogen and oxygen atoms in total. The van der Waals surface area contributed by atoms with Gasteiger partial charge in [-0.3, -0.25) is 4.79 Å². The van der Waals surface area contributed by atoms with Crippen LogP contribution in [0.5, 0.6) is 0 Å². The summed E-state index contributed by atoms with van der Waals surface area (Å²) in [6.07, 6.45) is 11.1. The lowest BCUT2D eigenvalue weighted by atomic mass is 9.83. The highest BCUT2D eigenvalue weighted by Gasteiger charge is 2.33. The molecule has 0 spiro atoms. The molecule has 2 rings (SSSR count). The third-order valence-electron chi connectivity index (χ3n) is 5.19. The second-order valence-corrected chi connectivity index (χ2v) is 6.55. The molecule has 2 saturated carbocycles. The van der Waals surface area contributed by atoms with Crippen molar-refractivity contribution >= 4 is 5.97 Å². The normalized spacial score (nSPS) is 35.4. The minimum Gasteiger partial charge on any atom is -0.481 e. The summed E-state index contributed by atoms with van der Waals surface area (Å²) < 4.78 is 0. The van der Waals surface area contributed by atoms with E-state index in [2.05, 4.69) is 12.2 Å². The van der Waals surface area contributed by atoms with Crippen LogP contribution >= 0.6 is 0 Å². The molecule has 0 amide bonds. The number of rotatable bonds is 6. The van der Waals surface area contributed by atoms with Gasteiger partial charge in [0, 0.05) is 6.04 Å². The van der Waals surface area contributed by atoms with E-state index >= 15 is 0 Å². The van der Waals surface area contributed by atoms with Crippen molar-refractivity contribution in [3.63, 3.8) is 0 Å². The van der Waals surface area contributed by atoms with E-state index in [1.165, 1.54) is 38.5 Å². The van der Waals surface area contributed by atoms with Gasteiger partial charge in [0.1, 0.15) is 0 Å². The predicted octanol–water partition coefficient (Wildman–Crippen LogP) is 3.44. The zero-order valence-electron chi connectivity index (χ0n) is 12.2. The first kappa shape index (κ1) is 14.8. The van der Waals surface area contributed by atoms with Gasteiger partial charge in [-0.25, -0.2) is 0 Å². The Kier molecular flexibility index (Phi) is 5.68. The number of nitrogens with one attached hydrogen (secondary N) is 1.